The fourth-order valence-corrected chi connectivity index (χ4v) is 5.41. The Labute approximate surface area is 189 Å². The van der Waals surface area contributed by atoms with Crippen molar-refractivity contribution in [2.75, 3.05) is 38.2 Å². The number of methoxy groups -OCH3 is 1. The Morgan fingerprint density at radius 1 is 1.28 bits per heavy atom. The van der Waals surface area contributed by atoms with Crippen LogP contribution < -0.4 is 19.7 Å². The number of pyridine rings is 1. The number of piperidine rings is 1. The van der Waals surface area contributed by atoms with E-state index < -0.39 is 11.5 Å². The molecule has 2 saturated heterocycles. The van der Waals surface area contributed by atoms with Crippen molar-refractivity contribution in [3.05, 3.63) is 12.3 Å². The lowest BCUT2D eigenvalue weighted by atomic mass is 9.78. The zero-order valence-electron chi connectivity index (χ0n) is 19.0. The van der Waals surface area contributed by atoms with Crippen LogP contribution in [0.5, 0.6) is 11.5 Å². The SMILES string of the molecule is CCNC(=O)Oc1cnc(N2CCCC3(CCN(C4CCC(O)CC4)C3=O)C2)c(OC)c1. The molecule has 32 heavy (non-hydrogen) atoms. The van der Waals surface area contributed by atoms with Crippen LogP contribution in [-0.2, 0) is 4.79 Å². The number of carbonyl (C=O) groups is 2. The first-order chi connectivity index (χ1) is 15.5. The Morgan fingerprint density at radius 2 is 2.06 bits per heavy atom. The predicted molar refractivity (Wildman–Crippen MR) is 119 cm³/mol. The Balaban J connectivity index is 1.48. The van der Waals surface area contributed by atoms with Gasteiger partial charge in [0.1, 0.15) is 0 Å². The van der Waals surface area contributed by atoms with E-state index in [-0.39, 0.29) is 18.1 Å². The van der Waals surface area contributed by atoms with E-state index >= 15 is 0 Å². The van der Waals surface area contributed by atoms with Gasteiger partial charge in [-0.15, -0.1) is 0 Å². The van der Waals surface area contributed by atoms with Gasteiger partial charge in [0.25, 0.3) is 0 Å². The van der Waals surface area contributed by atoms with Crippen LogP contribution in [0.25, 0.3) is 0 Å². The highest BCUT2D eigenvalue weighted by Gasteiger charge is 2.51. The van der Waals surface area contributed by atoms with Crippen molar-refractivity contribution in [3.8, 4) is 11.5 Å². The van der Waals surface area contributed by atoms with Crippen LogP contribution >= 0.6 is 0 Å². The smallest absolute Gasteiger partial charge is 0.412 e. The number of ether oxygens (including phenoxy) is 2. The van der Waals surface area contributed by atoms with E-state index in [1.807, 2.05) is 6.92 Å². The van der Waals surface area contributed by atoms with Gasteiger partial charge in [0.15, 0.2) is 17.3 Å². The van der Waals surface area contributed by atoms with Crippen LogP contribution in [-0.4, -0.2) is 72.4 Å². The molecular formula is C23H34N4O5. The fraction of sp³-hybridized carbons (Fsp3) is 0.696. The van der Waals surface area contributed by atoms with Gasteiger partial charge in [-0.2, -0.15) is 0 Å². The van der Waals surface area contributed by atoms with E-state index in [2.05, 4.69) is 20.1 Å². The number of hydrogen-bond donors (Lipinski definition) is 2. The minimum absolute atomic E-state index is 0.221. The summed E-state index contributed by atoms with van der Waals surface area (Å²) < 4.78 is 10.8. The van der Waals surface area contributed by atoms with E-state index in [0.29, 0.717) is 30.4 Å². The molecule has 2 amide bonds. The molecule has 1 aromatic rings. The van der Waals surface area contributed by atoms with Gasteiger partial charge in [0.2, 0.25) is 5.91 Å². The number of aliphatic hydroxyl groups excluding tert-OH is 1. The highest BCUT2D eigenvalue weighted by molar-refractivity contribution is 5.86. The Kier molecular flexibility index (Phi) is 6.74. The third-order valence-electron chi connectivity index (χ3n) is 7.09. The number of nitrogens with zero attached hydrogens (tertiary/aromatic N) is 3. The van der Waals surface area contributed by atoms with Crippen molar-refractivity contribution in [2.24, 2.45) is 5.41 Å². The minimum Gasteiger partial charge on any atom is -0.493 e. The maximum Gasteiger partial charge on any atom is 0.412 e. The van der Waals surface area contributed by atoms with Crippen LogP contribution in [0.3, 0.4) is 0 Å². The van der Waals surface area contributed by atoms with Gasteiger partial charge in [-0.05, 0) is 51.9 Å². The van der Waals surface area contributed by atoms with Crippen LogP contribution in [0.15, 0.2) is 12.3 Å². The standard InChI is InChI=1S/C23H34N4O5/c1-3-24-22(30)32-18-13-19(31-2)20(25-14-18)26-11-4-9-23(15-26)10-12-27(21(23)29)16-5-7-17(28)8-6-16/h13-14,16-17,28H,3-12,15H2,1-2H3,(H,24,30). The van der Waals surface area contributed by atoms with E-state index in [9.17, 15) is 14.7 Å². The van der Waals surface area contributed by atoms with Crippen LogP contribution in [0.1, 0.15) is 51.9 Å². The van der Waals surface area contributed by atoms with Gasteiger partial charge < -0.3 is 29.7 Å². The van der Waals surface area contributed by atoms with Gasteiger partial charge in [-0.1, -0.05) is 0 Å². The molecule has 9 heteroatoms. The Bertz CT molecular complexity index is 842. The monoisotopic (exact) mass is 446 g/mol. The first-order valence-corrected chi connectivity index (χ1v) is 11.7. The summed E-state index contributed by atoms with van der Waals surface area (Å²) in [6.45, 7) is 4.49. The molecule has 0 radical (unpaired) electrons. The van der Waals surface area contributed by atoms with Crippen LogP contribution in [0, 0.1) is 5.41 Å². The molecule has 9 nitrogen and oxygen atoms in total. The molecule has 2 aliphatic heterocycles. The molecule has 1 aliphatic carbocycles. The Morgan fingerprint density at radius 3 is 2.78 bits per heavy atom. The number of amides is 2. The second-order valence-corrected chi connectivity index (χ2v) is 9.13. The zero-order valence-corrected chi connectivity index (χ0v) is 19.0. The Hall–Kier alpha value is -2.55. The van der Waals surface area contributed by atoms with Gasteiger partial charge in [0, 0.05) is 38.3 Å². The topological polar surface area (TPSA) is 104 Å². The molecule has 2 N–H and O–H groups in total. The third-order valence-corrected chi connectivity index (χ3v) is 7.09. The second-order valence-electron chi connectivity index (χ2n) is 9.13. The molecule has 1 unspecified atom stereocenters. The summed E-state index contributed by atoms with van der Waals surface area (Å²) >= 11 is 0. The number of aromatic nitrogens is 1. The van der Waals surface area contributed by atoms with E-state index in [0.717, 1.165) is 58.0 Å². The van der Waals surface area contributed by atoms with Gasteiger partial charge in [-0.3, -0.25) is 4.79 Å². The van der Waals surface area contributed by atoms with Gasteiger partial charge >= 0.3 is 6.09 Å². The molecule has 0 aromatic carbocycles. The summed E-state index contributed by atoms with van der Waals surface area (Å²) in [5.74, 6) is 1.75. The molecule has 3 fully saturated rings. The van der Waals surface area contributed by atoms with Crippen molar-refractivity contribution >= 4 is 17.8 Å². The average Bonchev–Trinajstić information content (AvgIpc) is 3.09. The maximum absolute atomic E-state index is 13.6. The number of rotatable bonds is 5. The molecule has 1 saturated carbocycles. The lowest BCUT2D eigenvalue weighted by Crippen LogP contribution is -2.50. The molecule has 0 bridgehead atoms. The van der Waals surface area contributed by atoms with E-state index in [4.69, 9.17) is 9.47 Å². The maximum atomic E-state index is 13.6. The van der Waals surface area contributed by atoms with E-state index in [1.54, 1.807) is 13.2 Å². The summed E-state index contributed by atoms with van der Waals surface area (Å²) in [6, 6.07) is 1.91. The van der Waals surface area contributed by atoms with Crippen molar-refractivity contribution in [1.29, 1.82) is 0 Å². The number of likely N-dealkylation sites (tertiary alicyclic amines) is 1. The lowest BCUT2D eigenvalue weighted by molar-refractivity contribution is -0.139. The highest BCUT2D eigenvalue weighted by atomic mass is 16.6. The quantitative estimate of drug-likeness (QED) is 0.715. The molecule has 176 valence electrons. The van der Waals surface area contributed by atoms with Crippen molar-refractivity contribution < 1.29 is 24.2 Å². The molecule has 3 aliphatic rings. The zero-order chi connectivity index (χ0) is 22.7. The number of hydrogen-bond acceptors (Lipinski definition) is 7. The largest absolute Gasteiger partial charge is 0.493 e. The molecule has 1 aromatic heterocycles. The second kappa shape index (κ2) is 9.52. The molecule has 4 rings (SSSR count). The number of nitrogens with one attached hydrogen (secondary N) is 1. The molecule has 1 atom stereocenters. The first-order valence-electron chi connectivity index (χ1n) is 11.7. The summed E-state index contributed by atoms with van der Waals surface area (Å²) in [5, 5.41) is 12.4. The lowest BCUT2D eigenvalue weighted by Gasteiger charge is -2.41. The summed E-state index contributed by atoms with van der Waals surface area (Å²) in [4.78, 5) is 34.0. The summed E-state index contributed by atoms with van der Waals surface area (Å²) in [5.41, 5.74) is -0.392. The fourth-order valence-electron chi connectivity index (χ4n) is 5.41. The highest BCUT2D eigenvalue weighted by Crippen LogP contribution is 2.44. The van der Waals surface area contributed by atoms with Crippen molar-refractivity contribution in [1.82, 2.24) is 15.2 Å². The molecular weight excluding hydrogens is 412 g/mol. The molecule has 1 spiro atoms. The van der Waals surface area contributed by atoms with Crippen molar-refractivity contribution in [3.63, 3.8) is 0 Å². The normalized spacial score (nSPS) is 28.2. The van der Waals surface area contributed by atoms with Gasteiger partial charge in [0.05, 0.1) is 24.8 Å². The van der Waals surface area contributed by atoms with Crippen LogP contribution in [0.2, 0.25) is 0 Å². The predicted octanol–water partition coefficient (Wildman–Crippen LogP) is 2.32. The molecule has 3 heterocycles. The number of aliphatic hydroxyl groups is 1. The van der Waals surface area contributed by atoms with Gasteiger partial charge in [-0.25, -0.2) is 9.78 Å². The average molecular weight is 447 g/mol. The first kappa shape index (κ1) is 22.6. The third kappa shape index (κ3) is 4.48. The van der Waals surface area contributed by atoms with E-state index in [1.165, 1.54) is 6.20 Å². The minimum atomic E-state index is -0.534. The summed E-state index contributed by atoms with van der Waals surface area (Å²) in [6.07, 6.45) is 6.73. The number of carbonyl (C=O) groups excluding carboxylic acids is 2. The number of anilines is 1. The summed E-state index contributed by atoms with van der Waals surface area (Å²) in [7, 11) is 1.57. The van der Waals surface area contributed by atoms with Crippen LogP contribution in [0.4, 0.5) is 10.6 Å². The van der Waals surface area contributed by atoms with Crippen molar-refractivity contribution in [2.45, 2.75) is 64.0 Å².